The smallest absolute Gasteiger partial charge is 0.330 e. The van der Waals surface area contributed by atoms with Crippen LogP contribution in [-0.2, 0) is 9.47 Å². The Kier molecular flexibility index (Phi) is 4.82. The molecule has 0 aliphatic carbocycles. The maximum Gasteiger partial charge on any atom is 0.330 e. The second-order valence-corrected chi connectivity index (χ2v) is 6.02. The zero-order valence-corrected chi connectivity index (χ0v) is 13.3. The fourth-order valence-electron chi connectivity index (χ4n) is 3.35. The summed E-state index contributed by atoms with van der Waals surface area (Å²) in [5, 5.41) is 19.1. The Morgan fingerprint density at radius 3 is 2.75 bits per heavy atom. The molecule has 1 aromatic heterocycles. The van der Waals surface area contributed by atoms with Gasteiger partial charge in [0.15, 0.2) is 6.23 Å². The third-order valence-electron chi connectivity index (χ3n) is 4.59. The molecular weight excluding hydrogens is 316 g/mol. The van der Waals surface area contributed by atoms with Crippen molar-refractivity contribution < 1.29 is 14.6 Å². The second-order valence-electron chi connectivity index (χ2n) is 6.02. The average molecular weight is 336 g/mol. The molecule has 2 N–H and O–H groups in total. The van der Waals surface area contributed by atoms with Crippen LogP contribution in [0.15, 0.2) is 15.8 Å². The van der Waals surface area contributed by atoms with E-state index in [2.05, 4.69) is 11.1 Å². The second kappa shape index (κ2) is 6.86. The van der Waals surface area contributed by atoms with Crippen molar-refractivity contribution in [2.75, 3.05) is 32.9 Å². The number of rotatable bonds is 3. The predicted octanol–water partition coefficient (Wildman–Crippen LogP) is -1.42. The lowest BCUT2D eigenvalue weighted by Gasteiger charge is -2.36. The van der Waals surface area contributed by atoms with Gasteiger partial charge in [0.25, 0.3) is 5.56 Å². The van der Waals surface area contributed by atoms with Crippen LogP contribution >= 0.6 is 0 Å². The Morgan fingerprint density at radius 2 is 2.12 bits per heavy atom. The van der Waals surface area contributed by atoms with Crippen molar-refractivity contribution in [1.82, 2.24) is 14.5 Å². The molecular formula is C15H20N4O5. The molecule has 3 heterocycles. The van der Waals surface area contributed by atoms with Crippen LogP contribution in [0.5, 0.6) is 0 Å². The average Bonchev–Trinajstić information content (AvgIpc) is 2.97. The fourth-order valence-corrected chi connectivity index (χ4v) is 3.35. The summed E-state index contributed by atoms with van der Waals surface area (Å²) in [6.07, 6.45) is -0.00655. The van der Waals surface area contributed by atoms with E-state index in [1.165, 1.54) is 10.8 Å². The Hall–Kier alpha value is -1.99. The summed E-state index contributed by atoms with van der Waals surface area (Å²) in [7, 11) is 0. The number of aryl methyl sites for hydroxylation is 1. The SMILES string of the molecule is Cc1cn([C@@H]2O[C@H](CO)[C@H](C#N)[C@H]2N2CCOCC2)c(=O)[nH]c1=O. The molecule has 0 aromatic carbocycles. The van der Waals surface area contributed by atoms with Crippen LogP contribution in [0.2, 0.25) is 0 Å². The first-order chi connectivity index (χ1) is 11.6. The number of aliphatic hydroxyl groups is 1. The normalized spacial score (nSPS) is 31.0. The molecule has 130 valence electrons. The summed E-state index contributed by atoms with van der Waals surface area (Å²) in [6, 6.07) is 1.80. The number of nitrogens with one attached hydrogen (secondary N) is 1. The van der Waals surface area contributed by atoms with Gasteiger partial charge in [0.1, 0.15) is 6.10 Å². The Bertz CT molecular complexity index is 745. The zero-order chi connectivity index (χ0) is 17.3. The molecule has 0 saturated carbocycles. The third kappa shape index (κ3) is 2.89. The van der Waals surface area contributed by atoms with Gasteiger partial charge in [-0.25, -0.2) is 4.79 Å². The highest BCUT2D eigenvalue weighted by Gasteiger charge is 2.48. The van der Waals surface area contributed by atoms with Crippen molar-refractivity contribution >= 4 is 0 Å². The standard InChI is InChI=1S/C15H20N4O5/c1-9-7-19(15(22)17-13(9)21)14-12(18-2-4-23-5-3-18)10(6-16)11(8-20)24-14/h7,10-12,14,20H,2-5,8H2,1H3,(H,17,21,22)/t10-,11+,12+,14+/m0/s1. The number of nitriles is 1. The van der Waals surface area contributed by atoms with E-state index in [1.807, 2.05) is 4.90 Å². The van der Waals surface area contributed by atoms with Crippen molar-refractivity contribution in [3.05, 3.63) is 32.6 Å². The minimum absolute atomic E-state index is 0.313. The van der Waals surface area contributed by atoms with E-state index in [4.69, 9.17) is 9.47 Å². The van der Waals surface area contributed by atoms with Crippen molar-refractivity contribution in [2.45, 2.75) is 25.3 Å². The van der Waals surface area contributed by atoms with Crippen LogP contribution in [0.25, 0.3) is 0 Å². The minimum Gasteiger partial charge on any atom is -0.394 e. The number of hydrogen-bond donors (Lipinski definition) is 2. The number of H-pyrrole nitrogens is 1. The summed E-state index contributed by atoms with van der Waals surface area (Å²) < 4.78 is 12.5. The number of aliphatic hydroxyl groups excluding tert-OH is 1. The van der Waals surface area contributed by atoms with Crippen molar-refractivity contribution in [2.24, 2.45) is 5.92 Å². The zero-order valence-electron chi connectivity index (χ0n) is 13.3. The number of aromatic nitrogens is 2. The van der Waals surface area contributed by atoms with Crippen LogP contribution in [0.4, 0.5) is 0 Å². The maximum atomic E-state index is 12.2. The first-order valence-corrected chi connectivity index (χ1v) is 7.86. The lowest BCUT2D eigenvalue weighted by atomic mass is 9.95. The molecule has 0 spiro atoms. The van der Waals surface area contributed by atoms with E-state index in [1.54, 1.807) is 6.92 Å². The Morgan fingerprint density at radius 1 is 1.42 bits per heavy atom. The third-order valence-corrected chi connectivity index (χ3v) is 4.59. The van der Waals surface area contributed by atoms with Crippen LogP contribution in [0.3, 0.4) is 0 Å². The molecule has 0 bridgehead atoms. The summed E-state index contributed by atoms with van der Waals surface area (Å²) in [5.74, 6) is -0.586. The van der Waals surface area contributed by atoms with E-state index in [9.17, 15) is 20.0 Å². The largest absolute Gasteiger partial charge is 0.394 e. The molecule has 0 amide bonds. The maximum absolute atomic E-state index is 12.2. The molecule has 24 heavy (non-hydrogen) atoms. The highest BCUT2D eigenvalue weighted by molar-refractivity contribution is 5.08. The fraction of sp³-hybridized carbons (Fsp3) is 0.667. The van der Waals surface area contributed by atoms with E-state index < -0.39 is 35.5 Å². The van der Waals surface area contributed by atoms with Crippen molar-refractivity contribution in [3.63, 3.8) is 0 Å². The van der Waals surface area contributed by atoms with Crippen LogP contribution in [0.1, 0.15) is 11.8 Å². The van der Waals surface area contributed by atoms with E-state index in [0.717, 1.165) is 0 Å². The Labute approximate surface area is 138 Å². The van der Waals surface area contributed by atoms with E-state index >= 15 is 0 Å². The number of ether oxygens (including phenoxy) is 2. The molecule has 0 radical (unpaired) electrons. The van der Waals surface area contributed by atoms with E-state index in [0.29, 0.717) is 31.9 Å². The first kappa shape index (κ1) is 16.9. The van der Waals surface area contributed by atoms with Gasteiger partial charge in [0.05, 0.1) is 37.8 Å². The molecule has 1 aromatic rings. The predicted molar refractivity (Wildman–Crippen MR) is 82.3 cm³/mol. The van der Waals surface area contributed by atoms with Gasteiger partial charge in [-0.1, -0.05) is 0 Å². The van der Waals surface area contributed by atoms with Crippen LogP contribution in [-0.4, -0.2) is 64.6 Å². The monoisotopic (exact) mass is 336 g/mol. The van der Waals surface area contributed by atoms with Crippen LogP contribution in [0, 0.1) is 24.2 Å². The summed E-state index contributed by atoms with van der Waals surface area (Å²) >= 11 is 0. The summed E-state index contributed by atoms with van der Waals surface area (Å²) in [6.45, 7) is 3.57. The number of nitrogens with zero attached hydrogens (tertiary/aromatic N) is 3. The molecule has 2 fully saturated rings. The number of morpholine rings is 1. The van der Waals surface area contributed by atoms with Crippen molar-refractivity contribution in [3.8, 4) is 6.07 Å². The van der Waals surface area contributed by atoms with Gasteiger partial charge in [0.2, 0.25) is 0 Å². The van der Waals surface area contributed by atoms with Gasteiger partial charge < -0.3 is 14.6 Å². The lowest BCUT2D eigenvalue weighted by Crippen LogP contribution is -2.50. The van der Waals surface area contributed by atoms with Gasteiger partial charge in [-0.2, -0.15) is 5.26 Å². The van der Waals surface area contributed by atoms with E-state index in [-0.39, 0.29) is 6.61 Å². The van der Waals surface area contributed by atoms with Crippen LogP contribution < -0.4 is 11.2 Å². The molecule has 4 atom stereocenters. The molecule has 9 heteroatoms. The molecule has 0 unspecified atom stereocenters. The van der Waals surface area contributed by atoms with Gasteiger partial charge in [-0.3, -0.25) is 19.2 Å². The highest BCUT2D eigenvalue weighted by atomic mass is 16.5. The minimum atomic E-state index is -0.757. The first-order valence-electron chi connectivity index (χ1n) is 7.86. The summed E-state index contributed by atoms with van der Waals surface area (Å²) in [5.41, 5.74) is -0.670. The molecule has 3 rings (SSSR count). The molecule has 9 nitrogen and oxygen atoms in total. The molecule has 2 aliphatic heterocycles. The van der Waals surface area contributed by atoms with Crippen molar-refractivity contribution in [1.29, 1.82) is 5.26 Å². The Balaban J connectivity index is 2.03. The lowest BCUT2D eigenvalue weighted by molar-refractivity contribution is -0.0579. The summed E-state index contributed by atoms with van der Waals surface area (Å²) in [4.78, 5) is 28.1. The van der Waals surface area contributed by atoms with Gasteiger partial charge in [0, 0.05) is 24.8 Å². The highest BCUT2D eigenvalue weighted by Crippen LogP contribution is 2.36. The topological polar surface area (TPSA) is 121 Å². The van der Waals surface area contributed by atoms with Gasteiger partial charge >= 0.3 is 5.69 Å². The van der Waals surface area contributed by atoms with Gasteiger partial charge in [-0.05, 0) is 6.92 Å². The number of aromatic amines is 1. The quantitative estimate of drug-likeness (QED) is 0.694. The molecule has 2 aliphatic rings. The van der Waals surface area contributed by atoms with Gasteiger partial charge in [-0.15, -0.1) is 0 Å². The number of hydrogen-bond acceptors (Lipinski definition) is 7. The molecule has 2 saturated heterocycles.